The molecule has 3 heterocycles. The van der Waals surface area contributed by atoms with Gasteiger partial charge >= 0.3 is 6.18 Å². The minimum absolute atomic E-state index is 0.0852. The Bertz CT molecular complexity index is 901. The molecule has 0 spiro atoms. The van der Waals surface area contributed by atoms with Crippen molar-refractivity contribution in [3.05, 3.63) is 41.4 Å². The van der Waals surface area contributed by atoms with Crippen LogP contribution < -0.4 is 5.32 Å². The maximum Gasteiger partial charge on any atom is 0.433 e. The highest BCUT2D eigenvalue weighted by atomic mass is 19.4. The Hall–Kier alpha value is -2.98. The number of amides is 1. The summed E-state index contributed by atoms with van der Waals surface area (Å²) in [6, 6.07) is 1.35. The third-order valence-corrected chi connectivity index (χ3v) is 3.16. The number of alkyl halides is 3. The average Bonchev–Trinajstić information content (AvgIpc) is 3.11. The summed E-state index contributed by atoms with van der Waals surface area (Å²) in [6.07, 6.45) is -3.61. The van der Waals surface area contributed by atoms with Gasteiger partial charge in [0.2, 0.25) is 5.89 Å². The van der Waals surface area contributed by atoms with E-state index in [0.29, 0.717) is 10.4 Å². The van der Waals surface area contributed by atoms with Crippen molar-refractivity contribution in [1.29, 1.82) is 0 Å². The molecule has 126 valence electrons. The first-order valence-corrected chi connectivity index (χ1v) is 6.79. The molecule has 1 atom stereocenters. The predicted octanol–water partition coefficient (Wildman–Crippen LogP) is 1.93. The molecule has 3 aromatic rings. The van der Waals surface area contributed by atoms with E-state index in [0.717, 1.165) is 12.3 Å². The minimum Gasteiger partial charge on any atom is -0.341 e. The Morgan fingerprint density at radius 3 is 2.79 bits per heavy atom. The van der Waals surface area contributed by atoms with Gasteiger partial charge in [0, 0.05) is 19.2 Å². The second kappa shape index (κ2) is 5.58. The van der Waals surface area contributed by atoms with Gasteiger partial charge < -0.3 is 9.84 Å². The molecule has 1 N–H and O–H groups in total. The van der Waals surface area contributed by atoms with Crippen LogP contribution in [0.25, 0.3) is 5.65 Å². The summed E-state index contributed by atoms with van der Waals surface area (Å²) in [5.74, 6) is -0.0971. The van der Waals surface area contributed by atoms with E-state index in [1.165, 1.54) is 6.07 Å². The highest BCUT2D eigenvalue weighted by Crippen LogP contribution is 2.29. The Balaban J connectivity index is 1.88. The van der Waals surface area contributed by atoms with E-state index in [4.69, 9.17) is 4.52 Å². The second-order valence-corrected chi connectivity index (χ2v) is 4.99. The predicted molar refractivity (Wildman–Crippen MR) is 72.9 cm³/mol. The first-order valence-electron chi connectivity index (χ1n) is 6.79. The van der Waals surface area contributed by atoms with Crippen molar-refractivity contribution in [2.75, 3.05) is 0 Å². The lowest BCUT2D eigenvalue weighted by molar-refractivity contribution is -0.142. The molecule has 0 saturated heterocycles. The normalized spacial score (nSPS) is 13.2. The Kier molecular flexibility index (Phi) is 3.70. The van der Waals surface area contributed by atoms with Crippen LogP contribution in [-0.2, 0) is 6.18 Å². The zero-order chi connectivity index (χ0) is 17.5. The zero-order valence-corrected chi connectivity index (χ0v) is 12.5. The summed E-state index contributed by atoms with van der Waals surface area (Å²) in [5.41, 5.74) is -1.31. The third-order valence-electron chi connectivity index (χ3n) is 3.16. The van der Waals surface area contributed by atoms with Gasteiger partial charge in [-0.2, -0.15) is 23.3 Å². The number of carbonyl (C=O) groups is 1. The standard InChI is InChI=1S/C13H11F3N6O2/c1-6(11-19-7(2)24-21-11)18-12(23)8-5-10-17-4-3-9(13(14,15)16)22(10)20-8/h3-6H,1-2H3,(H,18,23). The molecular weight excluding hydrogens is 329 g/mol. The largest absolute Gasteiger partial charge is 0.433 e. The maximum absolute atomic E-state index is 12.9. The molecule has 0 bridgehead atoms. The van der Waals surface area contributed by atoms with Gasteiger partial charge in [-0.3, -0.25) is 4.79 Å². The Morgan fingerprint density at radius 2 is 2.17 bits per heavy atom. The van der Waals surface area contributed by atoms with E-state index < -0.39 is 23.8 Å². The minimum atomic E-state index is -4.61. The molecule has 0 saturated carbocycles. The Labute approximate surface area is 132 Å². The molecule has 0 aliphatic heterocycles. The molecule has 24 heavy (non-hydrogen) atoms. The summed E-state index contributed by atoms with van der Waals surface area (Å²) >= 11 is 0. The molecule has 0 aromatic carbocycles. The molecule has 0 aliphatic rings. The number of rotatable bonds is 3. The smallest absolute Gasteiger partial charge is 0.341 e. The van der Waals surface area contributed by atoms with E-state index in [1.807, 2.05) is 0 Å². The van der Waals surface area contributed by atoms with Gasteiger partial charge in [-0.05, 0) is 13.0 Å². The molecule has 3 aromatic heterocycles. The van der Waals surface area contributed by atoms with Crippen LogP contribution in [0.2, 0.25) is 0 Å². The van der Waals surface area contributed by atoms with Crippen molar-refractivity contribution in [3.63, 3.8) is 0 Å². The van der Waals surface area contributed by atoms with Crippen LogP contribution in [0.4, 0.5) is 13.2 Å². The van der Waals surface area contributed by atoms with E-state index in [9.17, 15) is 18.0 Å². The van der Waals surface area contributed by atoms with E-state index in [2.05, 4.69) is 25.5 Å². The van der Waals surface area contributed by atoms with E-state index in [-0.39, 0.29) is 17.2 Å². The number of aryl methyl sites for hydroxylation is 1. The monoisotopic (exact) mass is 340 g/mol. The molecule has 11 heteroatoms. The molecule has 1 amide bonds. The summed E-state index contributed by atoms with van der Waals surface area (Å²) in [7, 11) is 0. The molecule has 3 rings (SSSR count). The maximum atomic E-state index is 12.9. The second-order valence-electron chi connectivity index (χ2n) is 4.99. The van der Waals surface area contributed by atoms with Crippen LogP contribution >= 0.6 is 0 Å². The van der Waals surface area contributed by atoms with Gasteiger partial charge in [-0.25, -0.2) is 9.50 Å². The van der Waals surface area contributed by atoms with E-state index in [1.54, 1.807) is 13.8 Å². The first kappa shape index (κ1) is 15.9. The van der Waals surface area contributed by atoms with Crippen LogP contribution in [0, 0.1) is 6.92 Å². The summed E-state index contributed by atoms with van der Waals surface area (Å²) in [5, 5.41) is 9.89. The van der Waals surface area contributed by atoms with Gasteiger partial charge in [0.1, 0.15) is 5.69 Å². The SMILES string of the molecule is Cc1nc(C(C)NC(=O)c2cc3nccc(C(F)(F)F)n3n2)no1. The molecule has 0 radical (unpaired) electrons. The summed E-state index contributed by atoms with van der Waals surface area (Å²) in [6.45, 7) is 3.20. The fourth-order valence-electron chi connectivity index (χ4n) is 2.05. The van der Waals surface area contributed by atoms with Crippen molar-refractivity contribution in [2.24, 2.45) is 0 Å². The van der Waals surface area contributed by atoms with Crippen LogP contribution in [-0.4, -0.2) is 30.6 Å². The van der Waals surface area contributed by atoms with Gasteiger partial charge in [-0.1, -0.05) is 5.16 Å². The van der Waals surface area contributed by atoms with Crippen LogP contribution in [0.5, 0.6) is 0 Å². The highest BCUT2D eigenvalue weighted by Gasteiger charge is 2.34. The van der Waals surface area contributed by atoms with Crippen molar-refractivity contribution in [1.82, 2.24) is 30.1 Å². The number of carbonyl (C=O) groups excluding carboxylic acids is 1. The number of hydrogen-bond donors (Lipinski definition) is 1. The topological polar surface area (TPSA) is 98.2 Å². The Morgan fingerprint density at radius 1 is 1.42 bits per heavy atom. The van der Waals surface area contributed by atoms with Gasteiger partial charge in [0.15, 0.2) is 17.2 Å². The van der Waals surface area contributed by atoms with Crippen molar-refractivity contribution in [2.45, 2.75) is 26.1 Å². The van der Waals surface area contributed by atoms with E-state index >= 15 is 0 Å². The first-order chi connectivity index (χ1) is 11.3. The molecule has 1 unspecified atom stereocenters. The third kappa shape index (κ3) is 2.92. The van der Waals surface area contributed by atoms with Crippen molar-refractivity contribution < 1.29 is 22.5 Å². The fraction of sp³-hybridized carbons (Fsp3) is 0.308. The number of nitrogens with zero attached hydrogens (tertiary/aromatic N) is 5. The van der Waals surface area contributed by atoms with Crippen LogP contribution in [0.3, 0.4) is 0 Å². The highest BCUT2D eigenvalue weighted by molar-refractivity contribution is 5.93. The van der Waals surface area contributed by atoms with Crippen molar-refractivity contribution >= 4 is 11.6 Å². The van der Waals surface area contributed by atoms with Crippen molar-refractivity contribution in [3.8, 4) is 0 Å². The number of aromatic nitrogens is 5. The number of hydrogen-bond acceptors (Lipinski definition) is 6. The molecule has 8 nitrogen and oxygen atoms in total. The van der Waals surface area contributed by atoms with Gasteiger partial charge in [0.25, 0.3) is 5.91 Å². The zero-order valence-electron chi connectivity index (χ0n) is 12.5. The summed E-state index contributed by atoms with van der Waals surface area (Å²) < 4.78 is 44.2. The number of nitrogens with one attached hydrogen (secondary N) is 1. The quantitative estimate of drug-likeness (QED) is 0.782. The number of fused-ring (bicyclic) bond motifs is 1. The molecule has 0 fully saturated rings. The lowest BCUT2D eigenvalue weighted by atomic mass is 10.3. The van der Waals surface area contributed by atoms with Gasteiger partial charge in [-0.15, -0.1) is 0 Å². The molecular formula is C13H11F3N6O2. The number of halogens is 3. The lowest BCUT2D eigenvalue weighted by Gasteiger charge is -2.08. The average molecular weight is 340 g/mol. The summed E-state index contributed by atoms with van der Waals surface area (Å²) in [4.78, 5) is 19.9. The van der Waals surface area contributed by atoms with Crippen LogP contribution in [0.15, 0.2) is 22.9 Å². The van der Waals surface area contributed by atoms with Gasteiger partial charge in [0.05, 0.1) is 6.04 Å². The molecule has 0 aliphatic carbocycles. The van der Waals surface area contributed by atoms with Crippen LogP contribution in [0.1, 0.15) is 40.9 Å². The lowest BCUT2D eigenvalue weighted by Crippen LogP contribution is -2.27. The fourth-order valence-corrected chi connectivity index (χ4v) is 2.05.